The van der Waals surface area contributed by atoms with Crippen LogP contribution in [-0.4, -0.2) is 64.4 Å². The fourth-order valence-corrected chi connectivity index (χ4v) is 4.10. The number of methoxy groups -OCH3 is 4. The molecule has 7 heteroatoms. The highest BCUT2D eigenvalue weighted by Crippen LogP contribution is 2.45. The molecule has 0 aromatic heterocycles. The lowest BCUT2D eigenvalue weighted by Gasteiger charge is -2.31. The Bertz CT molecular complexity index is 992. The van der Waals surface area contributed by atoms with Crippen LogP contribution in [0.15, 0.2) is 30.3 Å². The first kappa shape index (κ1) is 23.5. The van der Waals surface area contributed by atoms with E-state index in [4.69, 9.17) is 18.9 Å². The van der Waals surface area contributed by atoms with E-state index in [0.29, 0.717) is 28.4 Å². The maximum atomic E-state index is 13.2. The van der Waals surface area contributed by atoms with Gasteiger partial charge < -0.3 is 29.0 Å². The van der Waals surface area contributed by atoms with Crippen molar-refractivity contribution in [3.05, 3.63) is 47.0 Å². The van der Waals surface area contributed by atoms with Gasteiger partial charge in [0.05, 0.1) is 28.4 Å². The molecule has 32 heavy (non-hydrogen) atoms. The van der Waals surface area contributed by atoms with Crippen molar-refractivity contribution in [1.29, 1.82) is 0 Å². The molecule has 0 radical (unpaired) electrons. The minimum atomic E-state index is -0.367. The number of phenolic OH excluding ortho intramolecular Hbond substituents is 1. The van der Waals surface area contributed by atoms with Gasteiger partial charge in [-0.3, -0.25) is 4.79 Å². The number of rotatable bonds is 8. The standard InChI is InChI=1S/C25H31NO6/c1-26-12-10-17(11-13-26)23-21(31-4)15-22(32-5)24(25(23)28)19(27)9-7-16-6-8-18(29-2)14-20(16)30-3/h6-9,14-15,17,28H,10-13H2,1-5H3/b9-7+. The van der Waals surface area contributed by atoms with E-state index in [0.717, 1.165) is 25.9 Å². The highest BCUT2D eigenvalue weighted by Gasteiger charge is 2.29. The van der Waals surface area contributed by atoms with Gasteiger partial charge in [-0.2, -0.15) is 0 Å². The Morgan fingerprint density at radius 2 is 1.62 bits per heavy atom. The van der Waals surface area contributed by atoms with Crippen LogP contribution >= 0.6 is 0 Å². The van der Waals surface area contributed by atoms with Crippen molar-refractivity contribution in [3.63, 3.8) is 0 Å². The predicted molar refractivity (Wildman–Crippen MR) is 124 cm³/mol. The van der Waals surface area contributed by atoms with Gasteiger partial charge in [-0.25, -0.2) is 0 Å². The summed E-state index contributed by atoms with van der Waals surface area (Å²) in [4.78, 5) is 15.4. The molecule has 1 saturated heterocycles. The van der Waals surface area contributed by atoms with Crippen LogP contribution in [0.25, 0.3) is 6.08 Å². The first-order valence-corrected chi connectivity index (χ1v) is 10.5. The minimum absolute atomic E-state index is 0.0768. The van der Waals surface area contributed by atoms with Gasteiger partial charge in [-0.1, -0.05) is 0 Å². The summed E-state index contributed by atoms with van der Waals surface area (Å²) in [6.45, 7) is 1.83. The summed E-state index contributed by atoms with van der Waals surface area (Å²) in [6, 6.07) is 7.02. The van der Waals surface area contributed by atoms with E-state index in [2.05, 4.69) is 11.9 Å². The van der Waals surface area contributed by atoms with Crippen molar-refractivity contribution in [3.8, 4) is 28.7 Å². The molecule has 1 heterocycles. The van der Waals surface area contributed by atoms with Crippen molar-refractivity contribution < 1.29 is 28.8 Å². The first-order valence-electron chi connectivity index (χ1n) is 10.5. The molecule has 1 aliphatic heterocycles. The number of phenols is 1. The van der Waals surface area contributed by atoms with Crippen LogP contribution in [-0.2, 0) is 0 Å². The first-order chi connectivity index (χ1) is 15.4. The molecule has 0 atom stereocenters. The number of likely N-dealkylation sites (tertiary alicyclic amines) is 1. The predicted octanol–water partition coefficient (Wildman–Crippen LogP) is 4.13. The summed E-state index contributed by atoms with van der Waals surface area (Å²) in [6.07, 6.45) is 4.81. The van der Waals surface area contributed by atoms with Crippen LogP contribution in [0, 0.1) is 0 Å². The topological polar surface area (TPSA) is 77.5 Å². The molecular weight excluding hydrogens is 410 g/mol. The van der Waals surface area contributed by atoms with Crippen molar-refractivity contribution in [1.82, 2.24) is 4.90 Å². The average molecular weight is 442 g/mol. The van der Waals surface area contributed by atoms with Crippen LogP contribution in [0.2, 0.25) is 0 Å². The molecule has 0 unspecified atom stereocenters. The van der Waals surface area contributed by atoms with Crippen molar-refractivity contribution >= 4 is 11.9 Å². The molecule has 7 nitrogen and oxygen atoms in total. The Morgan fingerprint density at radius 3 is 2.22 bits per heavy atom. The van der Waals surface area contributed by atoms with Gasteiger partial charge in [0.15, 0.2) is 5.78 Å². The minimum Gasteiger partial charge on any atom is -0.507 e. The highest BCUT2D eigenvalue weighted by molar-refractivity contribution is 6.11. The lowest BCUT2D eigenvalue weighted by atomic mass is 9.86. The smallest absolute Gasteiger partial charge is 0.193 e. The largest absolute Gasteiger partial charge is 0.507 e. The van der Waals surface area contributed by atoms with E-state index in [1.807, 2.05) is 0 Å². The lowest BCUT2D eigenvalue weighted by Crippen LogP contribution is -2.29. The molecule has 0 bridgehead atoms. The zero-order chi connectivity index (χ0) is 23.3. The Labute approximate surface area is 189 Å². The van der Waals surface area contributed by atoms with Crippen LogP contribution < -0.4 is 18.9 Å². The number of ether oxygens (including phenoxy) is 4. The van der Waals surface area contributed by atoms with Gasteiger partial charge in [-0.05, 0) is 63.2 Å². The number of aromatic hydroxyl groups is 1. The van der Waals surface area contributed by atoms with Crippen LogP contribution in [0.3, 0.4) is 0 Å². The number of hydrogen-bond donors (Lipinski definition) is 1. The second kappa shape index (κ2) is 10.4. The molecule has 2 aromatic rings. The Balaban J connectivity index is 2.00. The molecule has 172 valence electrons. The SMILES string of the molecule is COc1ccc(/C=C/C(=O)c2c(OC)cc(OC)c(C3CCN(C)CC3)c2O)c(OC)c1. The van der Waals surface area contributed by atoms with Crippen LogP contribution in [0.4, 0.5) is 0 Å². The summed E-state index contributed by atoms with van der Waals surface area (Å²) >= 11 is 0. The van der Waals surface area contributed by atoms with Crippen LogP contribution in [0.1, 0.15) is 40.2 Å². The number of allylic oxidation sites excluding steroid dienone is 1. The normalized spacial score (nSPS) is 15.0. The Hall–Kier alpha value is -3.19. The number of ketones is 1. The monoisotopic (exact) mass is 441 g/mol. The maximum Gasteiger partial charge on any atom is 0.193 e. The van der Waals surface area contributed by atoms with Gasteiger partial charge >= 0.3 is 0 Å². The van der Waals surface area contributed by atoms with Crippen LogP contribution in [0.5, 0.6) is 28.7 Å². The van der Waals surface area contributed by atoms with Crippen molar-refractivity contribution in [2.75, 3.05) is 48.6 Å². The number of benzene rings is 2. The number of nitrogens with zero attached hydrogens (tertiary/aromatic N) is 1. The Morgan fingerprint density at radius 1 is 0.969 bits per heavy atom. The molecule has 3 rings (SSSR count). The quantitative estimate of drug-likeness (QED) is 0.487. The van der Waals surface area contributed by atoms with Gasteiger partial charge in [0.25, 0.3) is 0 Å². The zero-order valence-electron chi connectivity index (χ0n) is 19.3. The van der Waals surface area contributed by atoms with Gasteiger partial charge in [-0.15, -0.1) is 0 Å². The molecule has 1 N–H and O–H groups in total. The number of carbonyl (C=O) groups is 1. The van der Waals surface area contributed by atoms with E-state index in [-0.39, 0.29) is 28.8 Å². The third-order valence-corrected chi connectivity index (χ3v) is 5.93. The second-order valence-electron chi connectivity index (χ2n) is 7.80. The van der Waals surface area contributed by atoms with E-state index < -0.39 is 0 Å². The van der Waals surface area contributed by atoms with Gasteiger partial charge in [0.2, 0.25) is 0 Å². The fraction of sp³-hybridized carbons (Fsp3) is 0.400. The summed E-state index contributed by atoms with van der Waals surface area (Å²) < 4.78 is 21.6. The summed E-state index contributed by atoms with van der Waals surface area (Å²) in [5, 5.41) is 11.2. The fourth-order valence-electron chi connectivity index (χ4n) is 4.10. The maximum absolute atomic E-state index is 13.2. The van der Waals surface area contributed by atoms with E-state index in [1.54, 1.807) is 51.7 Å². The van der Waals surface area contributed by atoms with Gasteiger partial charge in [0.1, 0.15) is 34.3 Å². The van der Waals surface area contributed by atoms with Crippen molar-refractivity contribution in [2.24, 2.45) is 0 Å². The van der Waals surface area contributed by atoms with E-state index in [1.165, 1.54) is 13.2 Å². The van der Waals surface area contributed by atoms with Gasteiger partial charge in [0, 0.05) is 23.3 Å². The van der Waals surface area contributed by atoms with E-state index >= 15 is 0 Å². The summed E-state index contributed by atoms with van der Waals surface area (Å²) in [7, 11) is 8.24. The molecule has 0 amide bonds. The number of piperidine rings is 1. The molecule has 2 aromatic carbocycles. The molecule has 0 spiro atoms. The highest BCUT2D eigenvalue weighted by atomic mass is 16.5. The second-order valence-corrected chi connectivity index (χ2v) is 7.80. The molecular formula is C25H31NO6. The van der Waals surface area contributed by atoms with E-state index in [9.17, 15) is 9.90 Å². The molecule has 1 fully saturated rings. The Kier molecular flexibility index (Phi) is 7.64. The molecule has 0 aliphatic carbocycles. The third kappa shape index (κ3) is 4.83. The molecule has 0 saturated carbocycles. The lowest BCUT2D eigenvalue weighted by molar-refractivity contribution is 0.104. The summed E-state index contributed by atoms with van der Waals surface area (Å²) in [5.41, 5.74) is 1.51. The zero-order valence-corrected chi connectivity index (χ0v) is 19.3. The summed E-state index contributed by atoms with van der Waals surface area (Å²) in [5.74, 6) is 1.69. The third-order valence-electron chi connectivity index (χ3n) is 5.93. The number of carbonyl (C=O) groups excluding carboxylic acids is 1. The number of hydrogen-bond acceptors (Lipinski definition) is 7. The van der Waals surface area contributed by atoms with Crippen molar-refractivity contribution in [2.45, 2.75) is 18.8 Å². The average Bonchev–Trinajstić information content (AvgIpc) is 2.82. The molecule has 1 aliphatic rings.